The van der Waals surface area contributed by atoms with Gasteiger partial charge in [0.1, 0.15) is 11.5 Å². The molecule has 0 aliphatic heterocycles. The second kappa shape index (κ2) is 12.5. The van der Waals surface area contributed by atoms with Gasteiger partial charge in [0.25, 0.3) is 0 Å². The number of hydrogen-bond donors (Lipinski definition) is 2. The second-order valence-corrected chi connectivity index (χ2v) is 14.6. The summed E-state index contributed by atoms with van der Waals surface area (Å²) in [5.41, 5.74) is -28.8. The molecule has 0 bridgehead atoms. The van der Waals surface area contributed by atoms with Gasteiger partial charge in [-0.2, -0.15) is 79.0 Å². The first-order chi connectivity index (χ1) is 20.3. The number of benzene rings is 2. The highest BCUT2D eigenvalue weighted by molar-refractivity contribution is 7.90. The molecule has 0 amide bonds. The van der Waals surface area contributed by atoms with Gasteiger partial charge >= 0.3 is 62.3 Å². The molecule has 0 aliphatic carbocycles. The molecule has 2 atom stereocenters. The zero-order valence-electron chi connectivity index (χ0n) is 21.0. The van der Waals surface area contributed by atoms with Crippen LogP contribution >= 0.6 is 0 Å². The minimum Gasteiger partial charge on any atom is -0.376 e. The van der Waals surface area contributed by atoms with Gasteiger partial charge in [-0.1, -0.05) is 36.4 Å². The topological polar surface area (TPSA) is 179 Å². The minimum absolute atomic E-state index is 0.166. The van der Waals surface area contributed by atoms with Crippen molar-refractivity contribution in [1.82, 2.24) is 9.44 Å². The molecule has 0 spiro atoms. The summed E-state index contributed by atoms with van der Waals surface area (Å²) in [5, 5.41) is 0. The van der Waals surface area contributed by atoms with E-state index in [0.29, 0.717) is 33.7 Å². The maximum Gasteiger partial charge on any atom is 0.534 e. The van der Waals surface area contributed by atoms with E-state index in [1.807, 2.05) is 0 Å². The van der Waals surface area contributed by atoms with Crippen molar-refractivity contribution in [3.05, 3.63) is 59.7 Å². The summed E-state index contributed by atoms with van der Waals surface area (Å²) in [7, 11) is -27.6. The molecule has 0 heterocycles. The number of hydrogen-bond acceptors (Lipinski definition) is 10. The molecular weight excluding hydrogens is 760 g/mol. The number of sulfonamides is 2. The quantitative estimate of drug-likeness (QED) is 0.194. The summed E-state index contributed by atoms with van der Waals surface area (Å²) in [4.78, 5) is 0. The van der Waals surface area contributed by atoms with Crippen LogP contribution in [0.1, 0.15) is 23.2 Å². The number of para-hydroxylation sites is 2. The lowest BCUT2D eigenvalue weighted by atomic mass is 9.93. The molecule has 0 saturated heterocycles. The van der Waals surface area contributed by atoms with Crippen LogP contribution in [0.5, 0.6) is 11.5 Å². The maximum absolute atomic E-state index is 13.4. The zero-order valence-corrected chi connectivity index (χ0v) is 24.3. The highest BCUT2D eigenvalue weighted by Gasteiger charge is 2.54. The first kappa shape index (κ1) is 39.1. The van der Waals surface area contributed by atoms with E-state index in [0.717, 1.165) is 0 Å². The molecule has 262 valence electrons. The molecular formula is C18H12F12N2O10S4. The fourth-order valence-corrected chi connectivity index (χ4v) is 5.47. The van der Waals surface area contributed by atoms with Crippen molar-refractivity contribution in [2.24, 2.45) is 0 Å². The van der Waals surface area contributed by atoms with Gasteiger partial charge in [-0.25, -0.2) is 16.8 Å². The summed E-state index contributed by atoms with van der Waals surface area (Å²) in [6.45, 7) is 0. The highest BCUT2D eigenvalue weighted by atomic mass is 32.2. The molecule has 0 radical (unpaired) electrons. The average molecular weight is 773 g/mol. The zero-order chi connectivity index (χ0) is 35.9. The Hall–Kier alpha value is -3.08. The molecule has 0 fully saturated rings. The molecule has 28 heteroatoms. The van der Waals surface area contributed by atoms with Crippen LogP contribution in [0.15, 0.2) is 48.5 Å². The maximum atomic E-state index is 13.4. The van der Waals surface area contributed by atoms with Crippen LogP contribution in [0.25, 0.3) is 0 Å². The summed E-state index contributed by atoms with van der Waals surface area (Å²) < 4.78 is 262. The van der Waals surface area contributed by atoms with E-state index in [1.165, 1.54) is 0 Å². The van der Waals surface area contributed by atoms with E-state index in [9.17, 15) is 86.4 Å². The van der Waals surface area contributed by atoms with E-state index in [-0.39, 0.29) is 24.3 Å². The SMILES string of the molecule is O=S(=O)(N[C@H](c1ccccc1OS(=O)(=O)C(F)(F)F)[C@H](NS(=O)(=O)C(F)(F)F)c1ccccc1OS(=O)(=O)C(F)(F)F)C(F)(F)F. The Labute approximate surface area is 249 Å². The van der Waals surface area contributed by atoms with Crippen molar-refractivity contribution in [1.29, 1.82) is 0 Å². The Bertz CT molecular complexity index is 1730. The Morgan fingerprint density at radius 3 is 0.957 bits per heavy atom. The van der Waals surface area contributed by atoms with Crippen LogP contribution in [0.3, 0.4) is 0 Å². The van der Waals surface area contributed by atoms with Crippen molar-refractivity contribution in [2.75, 3.05) is 0 Å². The largest absolute Gasteiger partial charge is 0.534 e. The highest BCUT2D eigenvalue weighted by Crippen LogP contribution is 2.43. The van der Waals surface area contributed by atoms with Gasteiger partial charge < -0.3 is 8.37 Å². The van der Waals surface area contributed by atoms with Crippen LogP contribution in [0.4, 0.5) is 52.7 Å². The first-order valence-electron chi connectivity index (χ1n) is 10.7. The summed E-state index contributed by atoms with van der Waals surface area (Å²) in [5.74, 6) is -3.63. The first-order valence-corrected chi connectivity index (χ1v) is 16.5. The van der Waals surface area contributed by atoms with Crippen molar-refractivity contribution < 1.29 is 94.7 Å². The fraction of sp³-hybridized carbons (Fsp3) is 0.333. The number of alkyl halides is 12. The summed E-state index contributed by atoms with van der Waals surface area (Å²) >= 11 is 0. The number of nitrogens with one attached hydrogen (secondary N) is 2. The smallest absolute Gasteiger partial charge is 0.376 e. The Morgan fingerprint density at radius 2 is 0.717 bits per heavy atom. The minimum atomic E-state index is -6.98. The molecule has 0 saturated carbocycles. The third kappa shape index (κ3) is 8.63. The molecule has 0 aromatic heterocycles. The predicted octanol–water partition coefficient (Wildman–Crippen LogP) is 3.80. The normalized spacial score (nSPS) is 15.7. The molecule has 2 aromatic carbocycles. The van der Waals surface area contributed by atoms with Crippen LogP contribution < -0.4 is 17.8 Å². The van der Waals surface area contributed by atoms with Crippen LogP contribution in [0, 0.1) is 0 Å². The van der Waals surface area contributed by atoms with Crippen molar-refractivity contribution in [3.8, 4) is 11.5 Å². The summed E-state index contributed by atoms with van der Waals surface area (Å²) in [6, 6.07) is -3.86. The number of rotatable bonds is 11. The van der Waals surface area contributed by atoms with Crippen molar-refractivity contribution in [2.45, 2.75) is 34.1 Å². The van der Waals surface area contributed by atoms with Gasteiger partial charge in [0.05, 0.1) is 12.1 Å². The van der Waals surface area contributed by atoms with Gasteiger partial charge in [0, 0.05) is 11.1 Å². The van der Waals surface area contributed by atoms with Crippen LogP contribution in [-0.4, -0.2) is 55.7 Å². The van der Waals surface area contributed by atoms with Crippen molar-refractivity contribution >= 4 is 40.3 Å². The third-order valence-electron chi connectivity index (χ3n) is 4.98. The molecule has 2 N–H and O–H groups in total. The van der Waals surface area contributed by atoms with Gasteiger partial charge in [-0.05, 0) is 12.1 Å². The molecule has 0 unspecified atom stereocenters. The lowest BCUT2D eigenvalue weighted by Gasteiger charge is -2.31. The van der Waals surface area contributed by atoms with E-state index in [4.69, 9.17) is 0 Å². The van der Waals surface area contributed by atoms with Crippen LogP contribution in [-0.2, 0) is 40.3 Å². The average Bonchev–Trinajstić information content (AvgIpc) is 2.84. The van der Waals surface area contributed by atoms with Gasteiger partial charge in [-0.3, -0.25) is 0 Å². The van der Waals surface area contributed by atoms with E-state index < -0.39 is 97.0 Å². The lowest BCUT2D eigenvalue weighted by molar-refractivity contribution is -0.0505. The standard InChI is InChI=1S/C18H12F12N2O10S4/c19-15(20,21)43(33,34)31-13(9-5-1-3-7-11(9)41-45(37,38)17(25,26)27)14(32-44(35,36)16(22,23)24)10-6-2-4-8-12(10)42-46(39,40)18(28,29)30/h1-8,13-14,31-32H/t13-,14-/m1/s1. The van der Waals surface area contributed by atoms with Gasteiger partial charge in [0.15, 0.2) is 0 Å². The molecule has 46 heavy (non-hydrogen) atoms. The predicted molar refractivity (Wildman–Crippen MR) is 126 cm³/mol. The fourth-order valence-electron chi connectivity index (χ4n) is 3.05. The second-order valence-electron chi connectivity index (χ2n) is 8.13. The van der Waals surface area contributed by atoms with Gasteiger partial charge in [0.2, 0.25) is 0 Å². The third-order valence-corrected chi connectivity index (χ3v) is 9.26. The Kier molecular flexibility index (Phi) is 10.6. The Morgan fingerprint density at radius 1 is 0.457 bits per heavy atom. The monoisotopic (exact) mass is 772 g/mol. The summed E-state index contributed by atoms with van der Waals surface area (Å²) in [6.07, 6.45) is 0. The molecule has 12 nitrogen and oxygen atoms in total. The lowest BCUT2D eigenvalue weighted by Crippen LogP contribution is -2.47. The van der Waals surface area contributed by atoms with E-state index in [2.05, 4.69) is 8.37 Å². The van der Waals surface area contributed by atoms with E-state index >= 15 is 0 Å². The molecule has 0 aliphatic rings. The van der Waals surface area contributed by atoms with Crippen molar-refractivity contribution in [3.63, 3.8) is 0 Å². The van der Waals surface area contributed by atoms with E-state index in [1.54, 1.807) is 0 Å². The van der Waals surface area contributed by atoms with Crippen LogP contribution in [0.2, 0.25) is 0 Å². The molecule has 2 rings (SSSR count). The van der Waals surface area contributed by atoms with Gasteiger partial charge in [-0.15, -0.1) is 0 Å². The molecule has 2 aromatic rings. The Balaban J connectivity index is 3.09. The number of halogens is 12.